The van der Waals surface area contributed by atoms with E-state index < -0.39 is 0 Å². The fourth-order valence-electron chi connectivity index (χ4n) is 4.43. The second kappa shape index (κ2) is 8.13. The first-order chi connectivity index (χ1) is 15.8. The Morgan fingerprint density at radius 3 is 1.70 bits per heavy atom. The second-order valence-corrected chi connectivity index (χ2v) is 8.67. The van der Waals surface area contributed by atoms with Gasteiger partial charge in [-0.3, -0.25) is 0 Å². The van der Waals surface area contributed by atoms with Crippen LogP contribution in [0.2, 0.25) is 0 Å². The zero-order chi connectivity index (χ0) is 23.6. The van der Waals surface area contributed by atoms with Crippen molar-refractivity contribution in [2.24, 2.45) is 0 Å². The van der Waals surface area contributed by atoms with Crippen LogP contribution in [0, 0.1) is 0 Å². The predicted octanol–water partition coefficient (Wildman–Crippen LogP) is -1.23. The molecular formula is C24H9B7BrN. The minimum absolute atomic E-state index is 0.196. The maximum Gasteiger partial charge on any atom is 0.116 e. The number of hydrogen-bond donors (Lipinski definition) is 0. The molecule has 0 aliphatic rings. The number of nitrogens with zero attached hydrogens (tertiary/aromatic N) is 1. The Morgan fingerprint density at radius 2 is 1.03 bits per heavy atom. The summed E-state index contributed by atoms with van der Waals surface area (Å²) < 4.78 is 2.40. The highest BCUT2D eigenvalue weighted by atomic mass is 79.9. The molecule has 5 aromatic rings. The van der Waals surface area contributed by atoms with Crippen molar-refractivity contribution in [3.8, 4) is 16.8 Å². The van der Waals surface area contributed by atoms with Crippen LogP contribution in [-0.4, -0.2) is 59.5 Å². The standard InChI is InChI=1S/C24H9B7BrN/c25-15-13-14-16(26)22(32)19(29)21(31)24(14)33(23(13)20(30)18(28)17(15)27)12-9-5-4-8-11(12)10-6-2-1-3-7-10/h1-9H. The van der Waals surface area contributed by atoms with Gasteiger partial charge in [0.05, 0.1) is 5.69 Å². The molecule has 0 aliphatic heterocycles. The van der Waals surface area contributed by atoms with Crippen molar-refractivity contribution in [2.75, 3.05) is 0 Å². The molecule has 0 saturated carbocycles. The maximum absolute atomic E-state index is 6.58. The van der Waals surface area contributed by atoms with Gasteiger partial charge in [-0.2, -0.15) is 0 Å². The predicted molar refractivity (Wildman–Crippen MR) is 152 cm³/mol. The summed E-state index contributed by atoms with van der Waals surface area (Å²) in [5.74, 6) is 0. The molecule has 4 aromatic carbocycles. The molecule has 1 nitrogen and oxygen atoms in total. The van der Waals surface area contributed by atoms with E-state index in [9.17, 15) is 0 Å². The molecule has 0 bridgehead atoms. The number of rotatable bonds is 2. The van der Waals surface area contributed by atoms with Crippen LogP contribution in [-0.2, 0) is 0 Å². The molecular weight excluding hydrogens is 458 g/mol. The highest BCUT2D eigenvalue weighted by Crippen LogP contribution is 2.33. The van der Waals surface area contributed by atoms with Crippen molar-refractivity contribution in [3.05, 3.63) is 59.1 Å². The molecule has 1 aromatic heterocycles. The van der Waals surface area contributed by atoms with Crippen LogP contribution in [0.4, 0.5) is 0 Å². The highest BCUT2D eigenvalue weighted by molar-refractivity contribution is 9.10. The van der Waals surface area contributed by atoms with Crippen molar-refractivity contribution < 1.29 is 0 Å². The average molecular weight is 467 g/mol. The van der Waals surface area contributed by atoms with Crippen LogP contribution in [0.3, 0.4) is 0 Å². The summed E-state index contributed by atoms with van der Waals surface area (Å²) in [6, 6.07) is 17.9. The lowest BCUT2D eigenvalue weighted by Crippen LogP contribution is -2.48. The number of hydrogen-bond acceptors (Lipinski definition) is 0. The molecule has 138 valence electrons. The molecule has 0 unspecified atom stereocenters. The van der Waals surface area contributed by atoms with Gasteiger partial charge in [0.15, 0.2) is 0 Å². The summed E-state index contributed by atoms with van der Waals surface area (Å²) in [6.07, 6.45) is 0. The van der Waals surface area contributed by atoms with Crippen molar-refractivity contribution in [3.63, 3.8) is 0 Å². The van der Waals surface area contributed by atoms with Gasteiger partial charge >= 0.3 is 0 Å². The minimum Gasteiger partial charge on any atom is -0.310 e. The topological polar surface area (TPSA) is 4.93 Å². The van der Waals surface area contributed by atoms with Crippen LogP contribution in [0.1, 0.15) is 0 Å². The van der Waals surface area contributed by atoms with Gasteiger partial charge in [0, 0.05) is 26.5 Å². The summed E-state index contributed by atoms with van der Waals surface area (Å²) in [4.78, 5) is 0. The van der Waals surface area contributed by atoms with Crippen LogP contribution < -0.4 is 38.2 Å². The number of benzene rings is 4. The third-order valence-corrected chi connectivity index (χ3v) is 6.94. The fourth-order valence-corrected chi connectivity index (χ4v) is 4.84. The Morgan fingerprint density at radius 1 is 0.515 bits per heavy atom. The van der Waals surface area contributed by atoms with Crippen LogP contribution >= 0.6 is 15.9 Å². The lowest BCUT2D eigenvalue weighted by Gasteiger charge is -2.19. The lowest BCUT2D eigenvalue weighted by atomic mass is 9.65. The minimum atomic E-state index is 0.196. The van der Waals surface area contributed by atoms with E-state index in [0.29, 0.717) is 42.7 Å². The first kappa shape index (κ1) is 22.4. The molecule has 0 fully saturated rings. The molecule has 0 atom stereocenters. The van der Waals surface area contributed by atoms with E-state index >= 15 is 0 Å². The second-order valence-electron chi connectivity index (χ2n) is 7.88. The van der Waals surface area contributed by atoms with Gasteiger partial charge in [0.1, 0.15) is 54.9 Å². The van der Waals surface area contributed by atoms with Gasteiger partial charge in [0.25, 0.3) is 0 Å². The largest absolute Gasteiger partial charge is 0.310 e. The van der Waals surface area contributed by atoms with E-state index in [1.165, 1.54) is 0 Å². The molecule has 1 heterocycles. The Kier molecular flexibility index (Phi) is 5.52. The fraction of sp³-hybridized carbons (Fsp3) is 0. The molecule has 14 radical (unpaired) electrons. The van der Waals surface area contributed by atoms with Gasteiger partial charge in [-0.15, -0.1) is 10.9 Å². The summed E-state index contributed by atoms with van der Waals surface area (Å²) >= 11 is 3.46. The van der Waals surface area contributed by atoms with E-state index in [1.54, 1.807) is 0 Å². The number of halogens is 1. The third-order valence-electron chi connectivity index (χ3n) is 6.08. The van der Waals surface area contributed by atoms with Gasteiger partial charge in [-0.05, 0) is 17.0 Å². The van der Waals surface area contributed by atoms with Crippen molar-refractivity contribution >= 4 is 131 Å². The van der Waals surface area contributed by atoms with Gasteiger partial charge < -0.3 is 4.57 Å². The molecule has 5 rings (SSSR count). The van der Waals surface area contributed by atoms with Crippen LogP contribution in [0.5, 0.6) is 0 Å². The molecule has 0 aliphatic carbocycles. The molecule has 33 heavy (non-hydrogen) atoms. The maximum atomic E-state index is 6.58. The Bertz CT molecular complexity index is 1520. The SMILES string of the molecule is [B]c1c([B])c([B])c2c(c1[B])c1c([B])c(Br)c([B])c([B])c1n2-c1ccccc1-c1ccccc1. The lowest BCUT2D eigenvalue weighted by molar-refractivity contribution is 1.19. The summed E-state index contributed by atoms with van der Waals surface area (Å²) in [5, 5.41) is 1.17. The first-order valence-electron chi connectivity index (χ1n) is 10.1. The van der Waals surface area contributed by atoms with Gasteiger partial charge in [-0.25, -0.2) is 0 Å². The van der Waals surface area contributed by atoms with E-state index in [0.717, 1.165) is 16.8 Å². The monoisotopic (exact) mass is 467 g/mol. The Labute approximate surface area is 210 Å². The van der Waals surface area contributed by atoms with Crippen LogP contribution in [0.25, 0.3) is 38.6 Å². The molecule has 0 saturated heterocycles. The number of fused-ring (bicyclic) bond motifs is 3. The van der Waals surface area contributed by atoms with E-state index in [1.807, 2.05) is 59.2 Å². The van der Waals surface area contributed by atoms with E-state index in [2.05, 4.69) is 15.9 Å². The molecule has 0 N–H and O–H groups in total. The summed E-state index contributed by atoms with van der Waals surface area (Å²) in [5.41, 5.74) is 5.90. The van der Waals surface area contributed by atoms with E-state index in [4.69, 9.17) is 54.9 Å². The first-order valence-corrected chi connectivity index (χ1v) is 10.9. The molecule has 0 amide bonds. The molecule has 0 spiro atoms. The summed E-state index contributed by atoms with van der Waals surface area (Å²) in [7, 11) is 45.0. The highest BCUT2D eigenvalue weighted by Gasteiger charge is 2.23. The zero-order valence-corrected chi connectivity index (χ0v) is 19.1. The summed E-state index contributed by atoms with van der Waals surface area (Å²) in [6.45, 7) is 0. The van der Waals surface area contributed by atoms with Crippen molar-refractivity contribution in [1.29, 1.82) is 0 Å². The number of para-hydroxylation sites is 1. The number of aromatic nitrogens is 1. The molecule has 9 heteroatoms. The van der Waals surface area contributed by atoms with Crippen LogP contribution in [0.15, 0.2) is 59.1 Å². The third kappa shape index (κ3) is 3.15. The zero-order valence-electron chi connectivity index (χ0n) is 17.6. The van der Waals surface area contributed by atoms with Gasteiger partial charge in [0.2, 0.25) is 0 Å². The average Bonchev–Trinajstić information content (AvgIpc) is 3.20. The Balaban J connectivity index is 2.11. The Hall–Kier alpha value is -2.39. The smallest absolute Gasteiger partial charge is 0.116 e. The van der Waals surface area contributed by atoms with E-state index in [-0.39, 0.29) is 21.9 Å². The van der Waals surface area contributed by atoms with Gasteiger partial charge in [-0.1, -0.05) is 91.8 Å². The van der Waals surface area contributed by atoms with Crippen molar-refractivity contribution in [2.45, 2.75) is 0 Å². The van der Waals surface area contributed by atoms with Crippen molar-refractivity contribution in [1.82, 2.24) is 4.57 Å². The quantitative estimate of drug-likeness (QED) is 0.287. The normalized spacial score (nSPS) is 11.4.